The van der Waals surface area contributed by atoms with Gasteiger partial charge in [-0.2, -0.15) is 24.5 Å². The van der Waals surface area contributed by atoms with Crippen molar-refractivity contribution in [2.45, 2.75) is 12.7 Å². The molecule has 2 aromatic rings. The van der Waals surface area contributed by atoms with Crippen molar-refractivity contribution in [1.82, 2.24) is 9.80 Å². The summed E-state index contributed by atoms with van der Waals surface area (Å²) in [4.78, 5) is 16.2. The highest BCUT2D eigenvalue weighted by Crippen LogP contribution is 2.30. The van der Waals surface area contributed by atoms with Crippen LogP contribution in [-0.2, 0) is 12.7 Å². The van der Waals surface area contributed by atoms with Crippen molar-refractivity contribution in [2.24, 2.45) is 0 Å². The van der Waals surface area contributed by atoms with E-state index in [0.717, 1.165) is 31.8 Å². The molecule has 1 saturated heterocycles. The Morgan fingerprint density at radius 3 is 2.56 bits per heavy atom. The van der Waals surface area contributed by atoms with Gasteiger partial charge in [-0.15, -0.1) is 0 Å². The third-order valence-corrected chi connectivity index (χ3v) is 4.82. The van der Waals surface area contributed by atoms with Crippen LogP contribution in [-0.4, -0.2) is 42.0 Å². The number of anilines is 1. The van der Waals surface area contributed by atoms with Gasteiger partial charge in [0.1, 0.15) is 0 Å². The fourth-order valence-electron chi connectivity index (χ4n) is 2.73. The summed E-state index contributed by atoms with van der Waals surface area (Å²) in [5.74, 6) is 0. The molecule has 0 radical (unpaired) electrons. The number of hydrogen-bond acceptors (Lipinski definition) is 3. The van der Waals surface area contributed by atoms with Crippen LogP contribution in [0.2, 0.25) is 0 Å². The van der Waals surface area contributed by atoms with Crippen LogP contribution < -0.4 is 5.32 Å². The maximum Gasteiger partial charge on any atom is 0.416 e. The summed E-state index contributed by atoms with van der Waals surface area (Å²) in [5.41, 5.74) is 0.637. The van der Waals surface area contributed by atoms with E-state index >= 15 is 0 Å². The zero-order valence-corrected chi connectivity index (χ0v) is 14.2. The molecule has 1 aromatic carbocycles. The largest absolute Gasteiger partial charge is 0.416 e. The van der Waals surface area contributed by atoms with Gasteiger partial charge in [-0.1, -0.05) is 6.07 Å². The Morgan fingerprint density at radius 2 is 1.92 bits per heavy atom. The Kier molecular flexibility index (Phi) is 5.29. The highest BCUT2D eigenvalue weighted by atomic mass is 32.1. The number of rotatable bonds is 3. The predicted octanol–water partition coefficient (Wildman–Crippen LogP) is 4.12. The summed E-state index contributed by atoms with van der Waals surface area (Å²) in [6, 6.07) is 6.40. The van der Waals surface area contributed by atoms with Gasteiger partial charge in [0.25, 0.3) is 0 Å². The average molecular weight is 369 g/mol. The molecule has 2 heterocycles. The average Bonchev–Trinajstić information content (AvgIpc) is 3.08. The Balaban J connectivity index is 1.53. The van der Waals surface area contributed by atoms with Gasteiger partial charge in [0, 0.05) is 38.4 Å². The van der Waals surface area contributed by atoms with Gasteiger partial charge in [-0.3, -0.25) is 4.90 Å². The second-order valence-corrected chi connectivity index (χ2v) is 6.68. The number of carbonyl (C=O) groups is 1. The normalized spacial score (nSPS) is 16.0. The summed E-state index contributed by atoms with van der Waals surface area (Å²) in [7, 11) is 0. The number of nitrogens with zero attached hydrogens (tertiary/aromatic N) is 2. The van der Waals surface area contributed by atoms with E-state index in [0.29, 0.717) is 13.1 Å². The topological polar surface area (TPSA) is 35.6 Å². The molecular formula is C17H18F3N3OS. The van der Waals surface area contributed by atoms with Crippen LogP contribution in [0.4, 0.5) is 23.7 Å². The van der Waals surface area contributed by atoms with Crippen LogP contribution in [0, 0.1) is 0 Å². The molecule has 25 heavy (non-hydrogen) atoms. The second kappa shape index (κ2) is 7.45. The molecule has 0 atom stereocenters. The molecule has 1 N–H and O–H groups in total. The van der Waals surface area contributed by atoms with Gasteiger partial charge >= 0.3 is 12.2 Å². The molecule has 3 rings (SSSR count). The van der Waals surface area contributed by atoms with Gasteiger partial charge < -0.3 is 10.2 Å². The number of nitrogens with one attached hydrogen (secondary N) is 1. The molecule has 4 nitrogen and oxygen atoms in total. The van der Waals surface area contributed by atoms with Crippen LogP contribution >= 0.6 is 11.3 Å². The molecule has 0 saturated carbocycles. The lowest BCUT2D eigenvalue weighted by Crippen LogP contribution is -2.49. The molecule has 1 aromatic heterocycles. The van der Waals surface area contributed by atoms with Crippen molar-refractivity contribution in [3.05, 3.63) is 52.2 Å². The van der Waals surface area contributed by atoms with E-state index < -0.39 is 11.7 Å². The molecule has 0 aliphatic carbocycles. The second-order valence-electron chi connectivity index (χ2n) is 5.90. The van der Waals surface area contributed by atoms with Crippen LogP contribution in [0.15, 0.2) is 41.1 Å². The van der Waals surface area contributed by atoms with Crippen molar-refractivity contribution in [3.8, 4) is 0 Å². The summed E-state index contributed by atoms with van der Waals surface area (Å²) < 4.78 is 38.2. The van der Waals surface area contributed by atoms with Gasteiger partial charge in [-0.25, -0.2) is 4.79 Å². The first-order chi connectivity index (χ1) is 11.9. The van der Waals surface area contributed by atoms with E-state index in [1.165, 1.54) is 17.7 Å². The molecule has 134 valence electrons. The first-order valence-corrected chi connectivity index (χ1v) is 8.83. The van der Waals surface area contributed by atoms with Crippen LogP contribution in [0.3, 0.4) is 0 Å². The molecule has 1 fully saturated rings. The minimum absolute atomic E-state index is 0.153. The number of amides is 2. The first kappa shape index (κ1) is 17.8. The van der Waals surface area contributed by atoms with Crippen molar-refractivity contribution in [3.63, 3.8) is 0 Å². The number of halogens is 3. The van der Waals surface area contributed by atoms with E-state index in [-0.39, 0.29) is 11.7 Å². The van der Waals surface area contributed by atoms with Gasteiger partial charge in [0.15, 0.2) is 0 Å². The molecule has 0 bridgehead atoms. The number of benzene rings is 1. The highest BCUT2D eigenvalue weighted by Gasteiger charge is 2.30. The number of alkyl halides is 3. The quantitative estimate of drug-likeness (QED) is 0.884. The minimum Gasteiger partial charge on any atom is -0.322 e. The van der Waals surface area contributed by atoms with Crippen LogP contribution in [0.25, 0.3) is 0 Å². The SMILES string of the molecule is O=C(Nc1cccc(C(F)(F)F)c1)N1CCN(Cc2ccsc2)CC1. The number of piperazine rings is 1. The molecule has 1 aliphatic heterocycles. The smallest absolute Gasteiger partial charge is 0.322 e. The maximum atomic E-state index is 12.7. The van der Waals surface area contributed by atoms with Crippen molar-refractivity contribution in [1.29, 1.82) is 0 Å². The third kappa shape index (κ3) is 4.73. The Hall–Kier alpha value is -2.06. The zero-order valence-electron chi connectivity index (χ0n) is 13.4. The predicted molar refractivity (Wildman–Crippen MR) is 91.6 cm³/mol. The minimum atomic E-state index is -4.42. The fourth-order valence-corrected chi connectivity index (χ4v) is 3.39. The fraction of sp³-hybridized carbons (Fsp3) is 0.353. The Labute approximate surface area is 147 Å². The van der Waals surface area contributed by atoms with Gasteiger partial charge in [0.05, 0.1) is 5.56 Å². The number of carbonyl (C=O) groups excluding carboxylic acids is 1. The van der Waals surface area contributed by atoms with Crippen molar-refractivity contribution < 1.29 is 18.0 Å². The zero-order chi connectivity index (χ0) is 17.9. The Bertz CT molecular complexity index is 710. The van der Waals surface area contributed by atoms with E-state index in [9.17, 15) is 18.0 Å². The summed E-state index contributed by atoms with van der Waals surface area (Å²) in [6.07, 6.45) is -4.42. The molecule has 0 unspecified atom stereocenters. The van der Waals surface area contributed by atoms with Gasteiger partial charge in [0.2, 0.25) is 0 Å². The maximum absolute atomic E-state index is 12.7. The standard InChI is InChI=1S/C17H18F3N3OS/c18-17(19,20)14-2-1-3-15(10-14)21-16(24)23-7-5-22(6-8-23)11-13-4-9-25-12-13/h1-4,9-10,12H,5-8,11H2,(H,21,24). The lowest BCUT2D eigenvalue weighted by atomic mass is 10.2. The number of urea groups is 1. The Morgan fingerprint density at radius 1 is 1.16 bits per heavy atom. The summed E-state index contributed by atoms with van der Waals surface area (Å²) in [6.45, 7) is 3.44. The third-order valence-electron chi connectivity index (χ3n) is 4.09. The van der Waals surface area contributed by atoms with Crippen molar-refractivity contribution in [2.75, 3.05) is 31.5 Å². The molecule has 0 spiro atoms. The van der Waals surface area contributed by atoms with E-state index in [4.69, 9.17) is 0 Å². The van der Waals surface area contributed by atoms with Crippen LogP contribution in [0.5, 0.6) is 0 Å². The van der Waals surface area contributed by atoms with E-state index in [1.807, 2.05) is 5.38 Å². The molecular weight excluding hydrogens is 351 g/mol. The van der Waals surface area contributed by atoms with Gasteiger partial charge in [-0.05, 0) is 40.6 Å². The highest BCUT2D eigenvalue weighted by molar-refractivity contribution is 7.07. The lowest BCUT2D eigenvalue weighted by molar-refractivity contribution is -0.137. The van der Waals surface area contributed by atoms with Crippen LogP contribution in [0.1, 0.15) is 11.1 Å². The monoisotopic (exact) mass is 369 g/mol. The lowest BCUT2D eigenvalue weighted by Gasteiger charge is -2.34. The molecule has 8 heteroatoms. The first-order valence-electron chi connectivity index (χ1n) is 7.88. The van der Waals surface area contributed by atoms with E-state index in [1.54, 1.807) is 16.2 Å². The van der Waals surface area contributed by atoms with E-state index in [2.05, 4.69) is 21.7 Å². The summed E-state index contributed by atoms with van der Waals surface area (Å²) >= 11 is 1.66. The number of hydrogen-bond donors (Lipinski definition) is 1. The number of thiophene rings is 1. The summed E-state index contributed by atoms with van der Waals surface area (Å²) in [5, 5.41) is 6.69. The molecule has 1 aliphatic rings. The molecule has 2 amide bonds. The van der Waals surface area contributed by atoms with Crippen molar-refractivity contribution >= 4 is 23.1 Å².